The van der Waals surface area contributed by atoms with Crippen LogP contribution in [0.2, 0.25) is 0 Å². The van der Waals surface area contributed by atoms with E-state index in [0.29, 0.717) is 0 Å². The summed E-state index contributed by atoms with van der Waals surface area (Å²) in [7, 11) is 0. The topological polar surface area (TPSA) is 0 Å². The fourth-order valence-corrected chi connectivity index (χ4v) is 4.22. The minimum absolute atomic E-state index is 0.897. The molecule has 0 fully saturated rings. The van der Waals surface area contributed by atoms with E-state index in [9.17, 15) is 0 Å². The molecular weight excluding hydrogens is 272 g/mol. The van der Waals surface area contributed by atoms with Crippen molar-refractivity contribution in [2.75, 3.05) is 0 Å². The van der Waals surface area contributed by atoms with Gasteiger partial charge in [0.05, 0.1) is 0 Å². The molecule has 0 bridgehead atoms. The standard InChI is InChI=1S/C20H36S/c1-5-9-11-17(7-3)15-19-13-14-21-20(19)16-18(8-4)12-10-6-2/h13-14,17-18H,5-12,15-16H2,1-4H3. The zero-order valence-electron chi connectivity index (χ0n) is 14.8. The maximum Gasteiger partial charge on any atom is 0.00800 e. The summed E-state index contributed by atoms with van der Waals surface area (Å²) in [6.07, 6.45) is 13.6. The Hall–Kier alpha value is -0.300. The molecule has 1 aromatic heterocycles. The van der Waals surface area contributed by atoms with Crippen molar-refractivity contribution < 1.29 is 0 Å². The van der Waals surface area contributed by atoms with Gasteiger partial charge < -0.3 is 0 Å². The lowest BCUT2D eigenvalue weighted by atomic mass is 9.89. The van der Waals surface area contributed by atoms with E-state index in [1.54, 1.807) is 10.4 Å². The lowest BCUT2D eigenvalue weighted by Gasteiger charge is -2.17. The van der Waals surface area contributed by atoms with E-state index < -0.39 is 0 Å². The maximum atomic E-state index is 2.40. The van der Waals surface area contributed by atoms with Gasteiger partial charge in [0.25, 0.3) is 0 Å². The van der Waals surface area contributed by atoms with Gasteiger partial charge in [0.15, 0.2) is 0 Å². The molecule has 1 heterocycles. The van der Waals surface area contributed by atoms with Crippen LogP contribution in [0, 0.1) is 11.8 Å². The van der Waals surface area contributed by atoms with Crippen LogP contribution in [0.5, 0.6) is 0 Å². The van der Waals surface area contributed by atoms with Crippen molar-refractivity contribution in [1.82, 2.24) is 0 Å². The molecule has 0 saturated heterocycles. The molecule has 0 nitrogen and oxygen atoms in total. The molecule has 1 rings (SSSR count). The molecule has 0 N–H and O–H groups in total. The zero-order chi connectivity index (χ0) is 15.5. The van der Waals surface area contributed by atoms with Crippen molar-refractivity contribution >= 4 is 11.3 Å². The van der Waals surface area contributed by atoms with Gasteiger partial charge in [-0.15, -0.1) is 11.3 Å². The third kappa shape index (κ3) is 7.00. The first kappa shape index (κ1) is 18.7. The highest BCUT2D eigenvalue weighted by atomic mass is 32.1. The minimum Gasteiger partial charge on any atom is -0.149 e. The number of unbranched alkanes of at least 4 members (excludes halogenated alkanes) is 2. The minimum atomic E-state index is 0.897. The second-order valence-electron chi connectivity index (χ2n) is 6.61. The van der Waals surface area contributed by atoms with E-state index in [1.165, 1.54) is 64.2 Å². The normalized spacial score (nSPS) is 14.3. The molecule has 2 atom stereocenters. The van der Waals surface area contributed by atoms with Crippen LogP contribution in [0.1, 0.15) is 89.5 Å². The molecule has 0 spiro atoms. The monoisotopic (exact) mass is 308 g/mol. The Balaban J connectivity index is 2.58. The van der Waals surface area contributed by atoms with Crippen LogP contribution in [0.25, 0.3) is 0 Å². The Morgan fingerprint density at radius 2 is 1.43 bits per heavy atom. The Labute approximate surface area is 137 Å². The van der Waals surface area contributed by atoms with Gasteiger partial charge in [-0.1, -0.05) is 79.1 Å². The molecule has 0 aliphatic rings. The zero-order valence-corrected chi connectivity index (χ0v) is 15.6. The summed E-state index contributed by atoms with van der Waals surface area (Å²) in [5, 5.41) is 2.32. The third-order valence-electron chi connectivity index (χ3n) is 4.91. The van der Waals surface area contributed by atoms with Crippen LogP contribution in [-0.4, -0.2) is 0 Å². The van der Waals surface area contributed by atoms with Crippen molar-refractivity contribution in [2.24, 2.45) is 11.8 Å². The van der Waals surface area contributed by atoms with Crippen LogP contribution >= 0.6 is 11.3 Å². The van der Waals surface area contributed by atoms with Crippen molar-refractivity contribution in [1.29, 1.82) is 0 Å². The highest BCUT2D eigenvalue weighted by Crippen LogP contribution is 2.28. The first-order valence-corrected chi connectivity index (χ1v) is 10.2. The van der Waals surface area contributed by atoms with Gasteiger partial charge in [-0.2, -0.15) is 0 Å². The number of hydrogen-bond acceptors (Lipinski definition) is 1. The smallest absolute Gasteiger partial charge is 0.00800 e. The van der Waals surface area contributed by atoms with E-state index in [-0.39, 0.29) is 0 Å². The second-order valence-corrected chi connectivity index (χ2v) is 7.61. The van der Waals surface area contributed by atoms with Crippen LogP contribution < -0.4 is 0 Å². The highest BCUT2D eigenvalue weighted by Gasteiger charge is 2.14. The van der Waals surface area contributed by atoms with Crippen LogP contribution in [0.4, 0.5) is 0 Å². The lowest BCUT2D eigenvalue weighted by molar-refractivity contribution is 0.437. The molecule has 0 aliphatic heterocycles. The Morgan fingerprint density at radius 3 is 1.95 bits per heavy atom. The molecule has 0 radical (unpaired) electrons. The number of hydrogen-bond donors (Lipinski definition) is 0. The summed E-state index contributed by atoms with van der Waals surface area (Å²) in [5.41, 5.74) is 1.66. The van der Waals surface area contributed by atoms with Crippen LogP contribution in [0.15, 0.2) is 11.4 Å². The molecule has 2 unspecified atom stereocenters. The molecular formula is C20H36S. The SMILES string of the molecule is CCCCC(CC)Cc1ccsc1CC(CC)CCCC. The van der Waals surface area contributed by atoms with Gasteiger partial charge in [-0.3, -0.25) is 0 Å². The van der Waals surface area contributed by atoms with Gasteiger partial charge >= 0.3 is 0 Å². The van der Waals surface area contributed by atoms with E-state index in [2.05, 4.69) is 39.1 Å². The number of rotatable bonds is 12. The van der Waals surface area contributed by atoms with E-state index in [4.69, 9.17) is 0 Å². The average Bonchev–Trinajstić information content (AvgIpc) is 2.94. The van der Waals surface area contributed by atoms with E-state index >= 15 is 0 Å². The Kier molecular flexibility index (Phi) is 10.1. The largest absolute Gasteiger partial charge is 0.149 e. The lowest BCUT2D eigenvalue weighted by Crippen LogP contribution is -2.07. The van der Waals surface area contributed by atoms with Crippen molar-refractivity contribution in [2.45, 2.75) is 91.9 Å². The predicted molar refractivity (Wildman–Crippen MR) is 98.3 cm³/mol. The highest BCUT2D eigenvalue weighted by molar-refractivity contribution is 7.10. The van der Waals surface area contributed by atoms with Gasteiger partial charge in [0, 0.05) is 4.88 Å². The average molecular weight is 309 g/mol. The summed E-state index contributed by atoms with van der Waals surface area (Å²) in [4.78, 5) is 1.69. The maximum absolute atomic E-state index is 2.40. The van der Waals surface area contributed by atoms with E-state index in [0.717, 1.165) is 11.8 Å². The summed E-state index contributed by atoms with van der Waals surface area (Å²) in [6.45, 7) is 9.34. The Bertz CT molecular complexity index is 320. The van der Waals surface area contributed by atoms with Crippen molar-refractivity contribution in [3.05, 3.63) is 21.9 Å². The molecule has 122 valence electrons. The second kappa shape index (κ2) is 11.3. The summed E-state index contributed by atoms with van der Waals surface area (Å²) >= 11 is 2.00. The van der Waals surface area contributed by atoms with Gasteiger partial charge in [0.1, 0.15) is 0 Å². The van der Waals surface area contributed by atoms with Crippen molar-refractivity contribution in [3.8, 4) is 0 Å². The summed E-state index contributed by atoms with van der Waals surface area (Å²) in [5.74, 6) is 1.80. The summed E-state index contributed by atoms with van der Waals surface area (Å²) in [6, 6.07) is 2.40. The molecule has 0 aliphatic carbocycles. The molecule has 0 saturated carbocycles. The fourth-order valence-electron chi connectivity index (χ4n) is 3.19. The third-order valence-corrected chi connectivity index (χ3v) is 5.89. The fraction of sp³-hybridized carbons (Fsp3) is 0.800. The number of thiophene rings is 1. The first-order chi connectivity index (χ1) is 10.2. The van der Waals surface area contributed by atoms with Crippen LogP contribution in [0.3, 0.4) is 0 Å². The van der Waals surface area contributed by atoms with Crippen LogP contribution in [-0.2, 0) is 12.8 Å². The molecule has 0 aromatic carbocycles. The predicted octanol–water partition coefficient (Wildman–Crippen LogP) is 7.27. The van der Waals surface area contributed by atoms with E-state index in [1.807, 2.05) is 11.3 Å². The molecule has 21 heavy (non-hydrogen) atoms. The molecule has 1 heteroatoms. The first-order valence-electron chi connectivity index (χ1n) is 9.30. The Morgan fingerprint density at radius 1 is 0.857 bits per heavy atom. The van der Waals surface area contributed by atoms with Gasteiger partial charge in [-0.05, 0) is 41.7 Å². The quantitative estimate of drug-likeness (QED) is 0.381. The molecule has 1 aromatic rings. The van der Waals surface area contributed by atoms with Gasteiger partial charge in [0.2, 0.25) is 0 Å². The van der Waals surface area contributed by atoms with Crippen molar-refractivity contribution in [3.63, 3.8) is 0 Å². The summed E-state index contributed by atoms with van der Waals surface area (Å²) < 4.78 is 0. The van der Waals surface area contributed by atoms with Gasteiger partial charge in [-0.25, -0.2) is 0 Å². The molecule has 0 amide bonds.